The van der Waals surface area contributed by atoms with Gasteiger partial charge in [0.05, 0.1) is 21.7 Å². The van der Waals surface area contributed by atoms with Crippen molar-refractivity contribution < 1.29 is 8.42 Å². The molecule has 1 aromatic heterocycles. The first-order valence-corrected chi connectivity index (χ1v) is 7.13. The Morgan fingerprint density at radius 1 is 1.11 bits per heavy atom. The minimum atomic E-state index is -3.59. The van der Waals surface area contributed by atoms with E-state index in [0.717, 1.165) is 0 Å². The molecular formula is C11H13N3O4S. The first-order valence-electron chi connectivity index (χ1n) is 5.58. The van der Waals surface area contributed by atoms with Gasteiger partial charge in [-0.25, -0.2) is 8.42 Å². The first-order chi connectivity index (χ1) is 8.83. The van der Waals surface area contributed by atoms with Gasteiger partial charge in [-0.05, 0) is 26.0 Å². The fourth-order valence-electron chi connectivity index (χ4n) is 1.59. The Bertz CT molecular complexity index is 833. The number of aromatic amines is 2. The highest BCUT2D eigenvalue weighted by molar-refractivity contribution is 7.93. The molecule has 19 heavy (non-hydrogen) atoms. The van der Waals surface area contributed by atoms with Gasteiger partial charge in [-0.3, -0.25) is 24.5 Å². The molecule has 0 spiro atoms. The zero-order valence-corrected chi connectivity index (χ0v) is 11.2. The number of hydrogen-bond acceptors (Lipinski definition) is 4. The lowest BCUT2D eigenvalue weighted by Gasteiger charge is -2.11. The summed E-state index contributed by atoms with van der Waals surface area (Å²) in [4.78, 5) is 23.3. The molecule has 7 nitrogen and oxygen atoms in total. The lowest BCUT2D eigenvalue weighted by atomic mass is 10.2. The second kappa shape index (κ2) is 4.54. The van der Waals surface area contributed by atoms with Gasteiger partial charge in [0.2, 0.25) is 10.0 Å². The van der Waals surface area contributed by atoms with Crippen molar-refractivity contribution in [1.82, 2.24) is 10.2 Å². The van der Waals surface area contributed by atoms with Crippen molar-refractivity contribution in [1.29, 1.82) is 0 Å². The number of hydrogen-bond donors (Lipinski definition) is 3. The maximum atomic E-state index is 11.8. The van der Waals surface area contributed by atoms with Gasteiger partial charge in [0.15, 0.2) is 0 Å². The normalized spacial score (nSPS) is 11.9. The molecule has 0 unspecified atom stereocenters. The van der Waals surface area contributed by atoms with E-state index < -0.39 is 26.4 Å². The largest absolute Gasteiger partial charge is 0.283 e. The fraction of sp³-hybridized carbons (Fsp3) is 0.273. The van der Waals surface area contributed by atoms with Crippen LogP contribution >= 0.6 is 0 Å². The monoisotopic (exact) mass is 283 g/mol. The number of anilines is 1. The van der Waals surface area contributed by atoms with E-state index in [1.54, 1.807) is 0 Å². The molecule has 0 aliphatic heterocycles. The van der Waals surface area contributed by atoms with E-state index in [4.69, 9.17) is 0 Å². The summed E-state index contributed by atoms with van der Waals surface area (Å²) < 4.78 is 26.0. The van der Waals surface area contributed by atoms with E-state index in [1.165, 1.54) is 32.0 Å². The molecule has 0 amide bonds. The van der Waals surface area contributed by atoms with Crippen LogP contribution in [0.25, 0.3) is 10.8 Å². The van der Waals surface area contributed by atoms with Crippen LogP contribution in [0, 0.1) is 0 Å². The molecule has 1 heterocycles. The highest BCUT2D eigenvalue weighted by Gasteiger charge is 2.18. The van der Waals surface area contributed by atoms with Crippen molar-refractivity contribution in [3.63, 3.8) is 0 Å². The van der Waals surface area contributed by atoms with Crippen molar-refractivity contribution in [2.24, 2.45) is 0 Å². The summed E-state index contributed by atoms with van der Waals surface area (Å²) in [7, 11) is -3.59. The van der Waals surface area contributed by atoms with Crippen molar-refractivity contribution in [3.8, 4) is 0 Å². The van der Waals surface area contributed by atoms with Crippen molar-refractivity contribution in [2.75, 3.05) is 4.72 Å². The summed E-state index contributed by atoms with van der Waals surface area (Å²) in [6.45, 7) is 3.04. The standard InChI is InChI=1S/C11H13N3O4S/c1-6(2)19(17,18)14-8-5-3-4-7-9(8)11(16)13-12-10(7)15/h3-6,14H,1-2H3,(H,12,15)(H,13,16). The molecule has 2 aromatic rings. The Morgan fingerprint density at radius 3 is 2.37 bits per heavy atom. The van der Waals surface area contributed by atoms with Crippen LogP contribution < -0.4 is 15.8 Å². The van der Waals surface area contributed by atoms with E-state index in [0.29, 0.717) is 0 Å². The number of aromatic nitrogens is 2. The van der Waals surface area contributed by atoms with Crippen LogP contribution in [0.1, 0.15) is 13.8 Å². The number of H-pyrrole nitrogens is 2. The van der Waals surface area contributed by atoms with Crippen LogP contribution in [0.3, 0.4) is 0 Å². The van der Waals surface area contributed by atoms with E-state index in [2.05, 4.69) is 14.9 Å². The lowest BCUT2D eigenvalue weighted by Crippen LogP contribution is -2.25. The molecule has 8 heteroatoms. The molecule has 0 saturated carbocycles. The molecule has 102 valence electrons. The summed E-state index contributed by atoms with van der Waals surface area (Å²) in [6.07, 6.45) is 0. The van der Waals surface area contributed by atoms with Gasteiger partial charge in [-0.2, -0.15) is 0 Å². The summed E-state index contributed by atoms with van der Waals surface area (Å²) >= 11 is 0. The second-order valence-electron chi connectivity index (χ2n) is 4.33. The number of rotatable bonds is 3. The number of benzene rings is 1. The summed E-state index contributed by atoms with van der Waals surface area (Å²) in [5, 5.41) is 3.86. The molecular weight excluding hydrogens is 270 g/mol. The predicted molar refractivity (Wildman–Crippen MR) is 72.9 cm³/mol. The Morgan fingerprint density at radius 2 is 1.74 bits per heavy atom. The molecule has 0 aliphatic rings. The minimum Gasteiger partial charge on any atom is -0.283 e. The number of fused-ring (bicyclic) bond motifs is 1. The molecule has 0 saturated heterocycles. The Hall–Kier alpha value is -2.09. The van der Waals surface area contributed by atoms with Crippen molar-refractivity contribution in [2.45, 2.75) is 19.1 Å². The average Bonchev–Trinajstić information content (AvgIpc) is 2.33. The Balaban J connectivity index is 2.73. The maximum absolute atomic E-state index is 11.8. The smallest absolute Gasteiger partial charge is 0.272 e. The van der Waals surface area contributed by atoms with Gasteiger partial charge in [0, 0.05) is 0 Å². The second-order valence-corrected chi connectivity index (χ2v) is 6.57. The van der Waals surface area contributed by atoms with Gasteiger partial charge in [0.25, 0.3) is 11.1 Å². The molecule has 1 aromatic carbocycles. The van der Waals surface area contributed by atoms with Gasteiger partial charge >= 0.3 is 0 Å². The maximum Gasteiger partial charge on any atom is 0.272 e. The highest BCUT2D eigenvalue weighted by Crippen LogP contribution is 2.19. The van der Waals surface area contributed by atoms with Crippen LogP contribution in [0.15, 0.2) is 27.8 Å². The predicted octanol–water partition coefficient (Wildman–Crippen LogP) is 0.366. The topological polar surface area (TPSA) is 112 Å². The Kier molecular flexibility index (Phi) is 3.19. The average molecular weight is 283 g/mol. The number of sulfonamides is 1. The molecule has 3 N–H and O–H groups in total. The molecule has 2 rings (SSSR count). The van der Waals surface area contributed by atoms with Gasteiger partial charge in [-0.1, -0.05) is 6.07 Å². The van der Waals surface area contributed by atoms with E-state index in [-0.39, 0.29) is 16.5 Å². The third-order valence-electron chi connectivity index (χ3n) is 2.70. The van der Waals surface area contributed by atoms with E-state index in [9.17, 15) is 18.0 Å². The summed E-state index contributed by atoms with van der Waals surface area (Å²) in [5.74, 6) is 0. The molecule has 0 atom stereocenters. The summed E-state index contributed by atoms with van der Waals surface area (Å²) in [6, 6.07) is 4.41. The lowest BCUT2D eigenvalue weighted by molar-refractivity contribution is 0.593. The van der Waals surface area contributed by atoms with Crippen LogP contribution in [0.5, 0.6) is 0 Å². The molecule has 0 bridgehead atoms. The third-order valence-corrected chi connectivity index (χ3v) is 4.44. The fourth-order valence-corrected chi connectivity index (χ4v) is 2.30. The molecule has 0 fully saturated rings. The third kappa shape index (κ3) is 2.39. The SMILES string of the molecule is CC(C)S(=O)(=O)Nc1cccc2c(=O)[nH][nH]c(=O)c12. The van der Waals surface area contributed by atoms with Gasteiger partial charge in [0.1, 0.15) is 0 Å². The van der Waals surface area contributed by atoms with Crippen LogP contribution in [-0.2, 0) is 10.0 Å². The zero-order chi connectivity index (χ0) is 14.2. The van der Waals surface area contributed by atoms with E-state index >= 15 is 0 Å². The van der Waals surface area contributed by atoms with Crippen LogP contribution in [-0.4, -0.2) is 23.9 Å². The molecule has 0 aliphatic carbocycles. The molecule has 0 radical (unpaired) electrons. The van der Waals surface area contributed by atoms with E-state index in [1.807, 2.05) is 0 Å². The summed E-state index contributed by atoms with van der Waals surface area (Å²) in [5.41, 5.74) is -0.949. The highest BCUT2D eigenvalue weighted by atomic mass is 32.2. The Labute approximate surface area is 108 Å². The quantitative estimate of drug-likeness (QED) is 0.755. The van der Waals surface area contributed by atoms with Gasteiger partial charge in [-0.15, -0.1) is 0 Å². The first kappa shape index (κ1) is 13.3. The van der Waals surface area contributed by atoms with Crippen molar-refractivity contribution >= 4 is 26.5 Å². The van der Waals surface area contributed by atoms with Gasteiger partial charge < -0.3 is 0 Å². The zero-order valence-electron chi connectivity index (χ0n) is 10.4. The number of nitrogens with one attached hydrogen (secondary N) is 3. The van der Waals surface area contributed by atoms with Crippen LogP contribution in [0.4, 0.5) is 5.69 Å². The van der Waals surface area contributed by atoms with Crippen molar-refractivity contribution in [3.05, 3.63) is 38.9 Å². The van der Waals surface area contributed by atoms with Crippen LogP contribution in [0.2, 0.25) is 0 Å². The minimum absolute atomic E-state index is 0.0236.